The monoisotopic (exact) mass is 883 g/mol. The van der Waals surface area contributed by atoms with Gasteiger partial charge in [-0.3, -0.25) is 0 Å². The molecule has 0 atom stereocenters. The molecule has 0 spiro atoms. The van der Waals surface area contributed by atoms with Gasteiger partial charge in [0.25, 0.3) is 0 Å². The van der Waals surface area contributed by atoms with E-state index in [4.69, 9.17) is 4.74 Å². The van der Waals surface area contributed by atoms with Crippen LogP contribution in [-0.4, -0.2) is 7.11 Å². The van der Waals surface area contributed by atoms with Crippen molar-refractivity contribution in [3.8, 4) is 5.75 Å². The van der Waals surface area contributed by atoms with E-state index in [0.717, 1.165) is 84.8 Å². The van der Waals surface area contributed by atoms with Crippen LogP contribution >= 0.6 is 0 Å². The number of benzene rings is 9. The van der Waals surface area contributed by atoms with Crippen molar-refractivity contribution in [1.82, 2.24) is 0 Å². The third kappa shape index (κ3) is 10.5. The first-order valence-electron chi connectivity index (χ1n) is 23.3. The van der Waals surface area contributed by atoms with Crippen LogP contribution in [0.4, 0.5) is 51.2 Å². The zero-order chi connectivity index (χ0) is 47.0. The molecule has 0 amide bonds. The first kappa shape index (κ1) is 44.8. The lowest BCUT2D eigenvalue weighted by Crippen LogP contribution is -2.11. The van der Waals surface area contributed by atoms with Crippen molar-refractivity contribution in [3.05, 3.63) is 262 Å². The molecule has 0 bridgehead atoms. The molecular formula is C64H57N3O. The summed E-state index contributed by atoms with van der Waals surface area (Å²) in [5.74, 6) is 0.837. The summed E-state index contributed by atoms with van der Waals surface area (Å²) in [5, 5.41) is 0. The van der Waals surface area contributed by atoms with E-state index in [-0.39, 0.29) is 0 Å². The van der Waals surface area contributed by atoms with Crippen molar-refractivity contribution < 1.29 is 4.74 Å². The number of hydrogen-bond acceptors (Lipinski definition) is 4. The van der Waals surface area contributed by atoms with Gasteiger partial charge in [-0.1, -0.05) is 144 Å². The summed E-state index contributed by atoms with van der Waals surface area (Å²) in [4.78, 5) is 6.92. The predicted octanol–water partition coefficient (Wildman–Crippen LogP) is 18.0. The second kappa shape index (κ2) is 20.4. The Balaban J connectivity index is 0.927. The van der Waals surface area contributed by atoms with Crippen molar-refractivity contribution in [3.63, 3.8) is 0 Å². The smallest absolute Gasteiger partial charge is 0.119 e. The van der Waals surface area contributed by atoms with Crippen LogP contribution in [0, 0.1) is 34.6 Å². The molecule has 4 nitrogen and oxygen atoms in total. The van der Waals surface area contributed by atoms with Gasteiger partial charge in [0.1, 0.15) is 5.75 Å². The Bertz CT molecular complexity index is 2850. The van der Waals surface area contributed by atoms with Gasteiger partial charge in [0.2, 0.25) is 0 Å². The third-order valence-corrected chi connectivity index (χ3v) is 12.4. The lowest BCUT2D eigenvalue weighted by molar-refractivity contribution is 0.414. The molecule has 334 valence electrons. The summed E-state index contributed by atoms with van der Waals surface area (Å²) in [6.45, 7) is 10.6. The molecule has 0 aliphatic heterocycles. The van der Waals surface area contributed by atoms with E-state index in [0.29, 0.717) is 0 Å². The van der Waals surface area contributed by atoms with Gasteiger partial charge in [0.05, 0.1) is 7.11 Å². The maximum atomic E-state index is 5.59. The quantitative estimate of drug-likeness (QED) is 0.101. The zero-order valence-electron chi connectivity index (χ0n) is 39.8. The highest BCUT2D eigenvalue weighted by molar-refractivity contribution is 5.83. The van der Waals surface area contributed by atoms with Gasteiger partial charge < -0.3 is 19.4 Å². The third-order valence-electron chi connectivity index (χ3n) is 12.4. The Morgan fingerprint density at radius 1 is 0.279 bits per heavy atom. The van der Waals surface area contributed by atoms with Crippen molar-refractivity contribution in [2.45, 2.75) is 34.6 Å². The summed E-state index contributed by atoms with van der Waals surface area (Å²) in [6.07, 6.45) is 8.72. The lowest BCUT2D eigenvalue weighted by atomic mass is 10.1. The number of methoxy groups -OCH3 is 1. The molecule has 4 heteroatoms. The van der Waals surface area contributed by atoms with Gasteiger partial charge in [-0.05, 0) is 178 Å². The molecule has 0 saturated heterocycles. The fourth-order valence-electron chi connectivity index (χ4n) is 8.43. The normalized spacial score (nSPS) is 11.3. The SMILES string of the molecule is COc1ccc(N(c2ccc(/C=C/c3ccc(N(c4ccc(C)cc4)c4ccc(C)cc4)cc3)cc2)c2ccc(/C=C/c3ccc(N(c4ccc(C)cc4)c4ccc(C)cc4)cc3)cc2)c(C)c1. The topological polar surface area (TPSA) is 19.0 Å². The molecule has 0 heterocycles. The first-order valence-corrected chi connectivity index (χ1v) is 23.3. The average molecular weight is 884 g/mol. The summed E-state index contributed by atoms with van der Waals surface area (Å²) in [6, 6.07) is 76.2. The average Bonchev–Trinajstić information content (AvgIpc) is 3.37. The Hall–Kier alpha value is -8.34. The zero-order valence-corrected chi connectivity index (χ0v) is 39.8. The van der Waals surface area contributed by atoms with E-state index in [1.54, 1.807) is 7.11 Å². The molecule has 0 N–H and O–H groups in total. The lowest BCUT2D eigenvalue weighted by Gasteiger charge is -2.27. The molecule has 0 aliphatic rings. The molecule has 9 rings (SSSR count). The molecule has 0 aromatic heterocycles. The van der Waals surface area contributed by atoms with Gasteiger partial charge in [-0.15, -0.1) is 0 Å². The van der Waals surface area contributed by atoms with Gasteiger partial charge >= 0.3 is 0 Å². The van der Waals surface area contributed by atoms with Crippen LogP contribution in [0.25, 0.3) is 24.3 Å². The first-order chi connectivity index (χ1) is 33.2. The number of nitrogens with zero attached hydrogens (tertiary/aromatic N) is 3. The number of ether oxygens (including phenoxy) is 1. The molecule has 0 aliphatic carbocycles. The van der Waals surface area contributed by atoms with Crippen molar-refractivity contribution in [2.24, 2.45) is 0 Å². The highest BCUT2D eigenvalue weighted by Gasteiger charge is 2.17. The highest BCUT2D eigenvalue weighted by Crippen LogP contribution is 2.40. The number of rotatable bonds is 14. The second-order valence-corrected chi connectivity index (χ2v) is 17.5. The second-order valence-electron chi connectivity index (χ2n) is 17.5. The van der Waals surface area contributed by atoms with E-state index < -0.39 is 0 Å². The molecule has 0 fully saturated rings. The largest absolute Gasteiger partial charge is 0.497 e. The number of aryl methyl sites for hydroxylation is 5. The number of anilines is 9. The van der Waals surface area contributed by atoms with Crippen LogP contribution in [0.1, 0.15) is 50.1 Å². The molecule has 9 aromatic carbocycles. The van der Waals surface area contributed by atoms with Crippen LogP contribution in [-0.2, 0) is 0 Å². The summed E-state index contributed by atoms with van der Waals surface area (Å²) in [7, 11) is 1.71. The maximum absolute atomic E-state index is 5.59. The minimum Gasteiger partial charge on any atom is -0.497 e. The molecule has 0 radical (unpaired) electrons. The van der Waals surface area contributed by atoms with Gasteiger partial charge in [0.15, 0.2) is 0 Å². The Morgan fingerprint density at radius 2 is 0.515 bits per heavy atom. The van der Waals surface area contributed by atoms with Gasteiger partial charge in [0, 0.05) is 51.2 Å². The minimum atomic E-state index is 0.837. The fraction of sp³-hybridized carbons (Fsp3) is 0.0938. The van der Waals surface area contributed by atoms with E-state index >= 15 is 0 Å². The van der Waals surface area contributed by atoms with Gasteiger partial charge in [-0.25, -0.2) is 0 Å². The molecule has 68 heavy (non-hydrogen) atoms. The minimum absolute atomic E-state index is 0.837. The Labute approximate surface area is 403 Å². The van der Waals surface area contributed by atoms with Crippen LogP contribution < -0.4 is 19.4 Å². The van der Waals surface area contributed by atoms with Crippen LogP contribution in [0.3, 0.4) is 0 Å². The van der Waals surface area contributed by atoms with Gasteiger partial charge in [-0.2, -0.15) is 0 Å². The van der Waals surface area contributed by atoms with E-state index in [1.165, 1.54) is 22.3 Å². The Kier molecular flexibility index (Phi) is 13.5. The molecule has 9 aromatic rings. The Morgan fingerprint density at radius 3 is 0.750 bits per heavy atom. The standard InChI is InChI=1S/C64H57N3O/c1-46-7-27-55(28-8-46)65(56-29-9-47(2)10-30-56)59-35-19-51(20-36-59)15-17-53-23-39-61(40-24-53)67(64-44-43-63(68-6)45-50(64)5)62-41-25-54(26-42-62)18-16-52-21-37-60(38-22-52)66(57-31-11-48(3)12-32-57)58-33-13-49(4)14-34-58/h7-45H,1-6H3/b17-15+,18-16+. The van der Waals surface area contributed by atoms with Crippen molar-refractivity contribution >= 4 is 75.5 Å². The summed E-state index contributed by atoms with van der Waals surface area (Å²) >= 11 is 0. The van der Waals surface area contributed by atoms with Crippen LogP contribution in [0.5, 0.6) is 5.75 Å². The summed E-state index contributed by atoms with van der Waals surface area (Å²) < 4.78 is 5.59. The van der Waals surface area contributed by atoms with Crippen LogP contribution in [0.15, 0.2) is 212 Å². The number of hydrogen-bond donors (Lipinski definition) is 0. The van der Waals surface area contributed by atoms with E-state index in [2.05, 4.69) is 280 Å². The van der Waals surface area contributed by atoms with E-state index in [1.807, 2.05) is 6.07 Å². The maximum Gasteiger partial charge on any atom is 0.119 e. The van der Waals surface area contributed by atoms with Crippen molar-refractivity contribution in [2.75, 3.05) is 21.8 Å². The van der Waals surface area contributed by atoms with Crippen molar-refractivity contribution in [1.29, 1.82) is 0 Å². The fourth-order valence-corrected chi connectivity index (χ4v) is 8.43. The molecular weight excluding hydrogens is 827 g/mol. The highest BCUT2D eigenvalue weighted by atomic mass is 16.5. The molecule has 0 unspecified atom stereocenters. The van der Waals surface area contributed by atoms with E-state index in [9.17, 15) is 0 Å². The summed E-state index contributed by atoms with van der Waals surface area (Å²) in [5.41, 5.74) is 20.6. The van der Waals surface area contributed by atoms with Crippen LogP contribution in [0.2, 0.25) is 0 Å². The molecule has 0 saturated carbocycles. The predicted molar refractivity (Wildman–Crippen MR) is 291 cm³/mol.